The van der Waals surface area contributed by atoms with Gasteiger partial charge in [-0.3, -0.25) is 0 Å². The molecule has 0 unspecified atom stereocenters. The fraction of sp³-hybridized carbons (Fsp3) is 0.667. The van der Waals surface area contributed by atoms with Crippen LogP contribution in [-0.2, 0) is 4.74 Å². The zero-order valence-corrected chi connectivity index (χ0v) is 7.19. The number of ether oxygens (including phenoxy) is 1. The summed E-state index contributed by atoms with van der Waals surface area (Å²) in [6.45, 7) is 0. The van der Waals surface area contributed by atoms with Gasteiger partial charge in [-0.2, -0.15) is 26.3 Å². The first kappa shape index (κ1) is 13.9. The van der Waals surface area contributed by atoms with Crippen molar-refractivity contribution in [1.29, 1.82) is 0 Å². The van der Waals surface area contributed by atoms with Gasteiger partial charge in [-0.05, 0) is 0 Å². The molecular formula is C6F10O. The minimum absolute atomic E-state index is 2.19. The van der Waals surface area contributed by atoms with Gasteiger partial charge in [0, 0.05) is 0 Å². The Morgan fingerprint density at radius 3 is 1.47 bits per heavy atom. The summed E-state index contributed by atoms with van der Waals surface area (Å²) in [4.78, 5) is 0. The lowest BCUT2D eigenvalue weighted by atomic mass is 10.1. The zero-order chi connectivity index (χ0) is 13.9. The summed E-state index contributed by atoms with van der Waals surface area (Å²) in [6, 6.07) is 0. The Morgan fingerprint density at radius 1 is 0.824 bits per heavy atom. The first-order valence-corrected chi connectivity index (χ1v) is 3.55. The molecule has 0 saturated heterocycles. The predicted molar refractivity (Wildman–Crippen MR) is 30.1 cm³/mol. The molecule has 0 fully saturated rings. The lowest BCUT2D eigenvalue weighted by Gasteiger charge is -2.24. The Hall–Kier alpha value is -1.16. The standard InChI is InChI=1S/C6F10O/c7-1-2(17-6(14,15)16)4(10,11)5(12,13)3(1,8)9. The summed E-state index contributed by atoms with van der Waals surface area (Å²) in [5.74, 6) is -25.6. The van der Waals surface area contributed by atoms with Crippen LogP contribution in [0.2, 0.25) is 0 Å². The van der Waals surface area contributed by atoms with Gasteiger partial charge >= 0.3 is 24.1 Å². The fourth-order valence-corrected chi connectivity index (χ4v) is 0.983. The number of halogens is 10. The van der Waals surface area contributed by atoms with E-state index >= 15 is 0 Å². The van der Waals surface area contributed by atoms with Crippen LogP contribution >= 0.6 is 0 Å². The van der Waals surface area contributed by atoms with Gasteiger partial charge in [0.15, 0.2) is 0 Å². The Labute approximate surface area is 85.6 Å². The smallest absolute Gasteiger partial charge is 0.400 e. The van der Waals surface area contributed by atoms with Crippen LogP contribution in [0, 0.1) is 0 Å². The average Bonchev–Trinajstić information content (AvgIpc) is 2.16. The molecule has 0 radical (unpaired) electrons. The molecular weight excluding hydrogens is 278 g/mol. The highest BCUT2D eigenvalue weighted by Crippen LogP contribution is 2.60. The normalized spacial score (nSPS) is 26.2. The molecule has 0 aromatic rings. The summed E-state index contributed by atoms with van der Waals surface area (Å²) < 4.78 is 123. The highest BCUT2D eigenvalue weighted by molar-refractivity contribution is 5.33. The SMILES string of the molecule is FC1=C(OC(F)(F)F)C(F)(F)C(F)(F)C1(F)F. The average molecular weight is 278 g/mol. The predicted octanol–water partition coefficient (Wildman–Crippen LogP) is 3.62. The van der Waals surface area contributed by atoms with Crippen molar-refractivity contribution >= 4 is 0 Å². The van der Waals surface area contributed by atoms with E-state index in [1.54, 1.807) is 0 Å². The van der Waals surface area contributed by atoms with E-state index in [0.717, 1.165) is 0 Å². The van der Waals surface area contributed by atoms with Crippen LogP contribution in [-0.4, -0.2) is 24.1 Å². The van der Waals surface area contributed by atoms with E-state index in [9.17, 15) is 43.9 Å². The fourth-order valence-electron chi connectivity index (χ4n) is 0.983. The first-order chi connectivity index (χ1) is 7.25. The summed E-state index contributed by atoms with van der Waals surface area (Å²) in [6.07, 6.45) is -6.01. The van der Waals surface area contributed by atoms with Crippen LogP contribution < -0.4 is 0 Å². The molecule has 1 rings (SSSR count). The molecule has 1 aliphatic carbocycles. The molecule has 0 saturated carbocycles. The molecule has 11 heteroatoms. The molecule has 0 N–H and O–H groups in total. The summed E-state index contributed by atoms with van der Waals surface area (Å²) in [5, 5.41) is 0. The third-order valence-electron chi connectivity index (χ3n) is 1.77. The van der Waals surface area contributed by atoms with Crippen molar-refractivity contribution in [2.24, 2.45) is 0 Å². The molecule has 0 aromatic carbocycles. The second-order valence-electron chi connectivity index (χ2n) is 2.91. The van der Waals surface area contributed by atoms with Gasteiger partial charge in [0.1, 0.15) is 0 Å². The van der Waals surface area contributed by atoms with Crippen LogP contribution in [0.1, 0.15) is 0 Å². The van der Waals surface area contributed by atoms with Gasteiger partial charge in [-0.25, -0.2) is 4.39 Å². The number of alkyl halides is 9. The van der Waals surface area contributed by atoms with Gasteiger partial charge in [0.05, 0.1) is 0 Å². The minimum atomic E-state index is -6.34. The Bertz CT molecular complexity index is 363. The zero-order valence-electron chi connectivity index (χ0n) is 7.19. The van der Waals surface area contributed by atoms with Crippen LogP contribution in [0.5, 0.6) is 0 Å². The van der Waals surface area contributed by atoms with E-state index in [0.29, 0.717) is 0 Å². The Morgan fingerprint density at radius 2 is 1.24 bits per heavy atom. The van der Waals surface area contributed by atoms with E-state index in [-0.39, 0.29) is 0 Å². The van der Waals surface area contributed by atoms with Gasteiger partial charge in [0.25, 0.3) is 0 Å². The molecule has 0 atom stereocenters. The van der Waals surface area contributed by atoms with Gasteiger partial charge in [-0.1, -0.05) is 0 Å². The Kier molecular flexibility index (Phi) is 2.61. The molecule has 17 heavy (non-hydrogen) atoms. The van der Waals surface area contributed by atoms with E-state index in [4.69, 9.17) is 0 Å². The van der Waals surface area contributed by atoms with Crippen molar-refractivity contribution in [3.8, 4) is 0 Å². The quantitative estimate of drug-likeness (QED) is 0.665. The summed E-state index contributed by atoms with van der Waals surface area (Å²) >= 11 is 0. The molecule has 0 heterocycles. The topological polar surface area (TPSA) is 9.23 Å². The van der Waals surface area contributed by atoms with Gasteiger partial charge in [-0.15, -0.1) is 13.2 Å². The van der Waals surface area contributed by atoms with Crippen LogP contribution in [0.3, 0.4) is 0 Å². The highest BCUT2D eigenvalue weighted by Gasteiger charge is 2.83. The van der Waals surface area contributed by atoms with E-state index in [2.05, 4.69) is 4.74 Å². The van der Waals surface area contributed by atoms with E-state index in [1.165, 1.54) is 0 Å². The van der Waals surface area contributed by atoms with Crippen molar-refractivity contribution in [3.05, 3.63) is 11.6 Å². The lowest BCUT2D eigenvalue weighted by molar-refractivity contribution is -0.331. The van der Waals surface area contributed by atoms with Crippen molar-refractivity contribution in [2.45, 2.75) is 24.1 Å². The lowest BCUT2D eigenvalue weighted by Crippen LogP contribution is -2.49. The maximum atomic E-state index is 12.5. The minimum Gasteiger partial charge on any atom is -0.400 e. The third kappa shape index (κ3) is 1.71. The van der Waals surface area contributed by atoms with Crippen molar-refractivity contribution in [1.82, 2.24) is 0 Å². The van der Waals surface area contributed by atoms with Crippen molar-refractivity contribution < 1.29 is 48.6 Å². The summed E-state index contributed by atoms with van der Waals surface area (Å²) in [5.41, 5.74) is 0. The van der Waals surface area contributed by atoms with Crippen LogP contribution in [0.25, 0.3) is 0 Å². The molecule has 100 valence electrons. The molecule has 0 amide bonds. The number of allylic oxidation sites excluding steroid dienone is 2. The molecule has 0 bridgehead atoms. The van der Waals surface area contributed by atoms with E-state index in [1.807, 2.05) is 0 Å². The number of rotatable bonds is 1. The van der Waals surface area contributed by atoms with Crippen LogP contribution in [0.4, 0.5) is 43.9 Å². The molecule has 1 nitrogen and oxygen atoms in total. The molecule has 0 spiro atoms. The maximum absolute atomic E-state index is 12.5. The Balaban J connectivity index is 3.33. The van der Waals surface area contributed by atoms with Crippen molar-refractivity contribution in [2.75, 3.05) is 0 Å². The molecule has 0 aromatic heterocycles. The van der Waals surface area contributed by atoms with Gasteiger partial charge < -0.3 is 4.74 Å². The molecule has 0 aliphatic heterocycles. The largest absolute Gasteiger partial charge is 0.573 e. The second-order valence-corrected chi connectivity index (χ2v) is 2.91. The van der Waals surface area contributed by atoms with Gasteiger partial charge in [0.2, 0.25) is 11.6 Å². The van der Waals surface area contributed by atoms with Crippen molar-refractivity contribution in [3.63, 3.8) is 0 Å². The third-order valence-corrected chi connectivity index (χ3v) is 1.77. The molecule has 1 aliphatic rings. The monoisotopic (exact) mass is 278 g/mol. The number of hydrogen-bond acceptors (Lipinski definition) is 1. The first-order valence-electron chi connectivity index (χ1n) is 3.55. The van der Waals surface area contributed by atoms with E-state index < -0.39 is 35.7 Å². The van der Waals surface area contributed by atoms with Crippen LogP contribution in [0.15, 0.2) is 11.6 Å². The number of hydrogen-bond donors (Lipinski definition) is 0. The maximum Gasteiger partial charge on any atom is 0.573 e. The summed E-state index contributed by atoms with van der Waals surface area (Å²) in [7, 11) is 0. The highest BCUT2D eigenvalue weighted by atomic mass is 19.4. The second kappa shape index (κ2) is 3.19.